The van der Waals surface area contributed by atoms with Crippen LogP contribution in [0.25, 0.3) is 11.1 Å². The van der Waals surface area contributed by atoms with Crippen LogP contribution in [0.3, 0.4) is 0 Å². The summed E-state index contributed by atoms with van der Waals surface area (Å²) in [5.74, 6) is 0.653. The molecule has 1 unspecified atom stereocenters. The van der Waals surface area contributed by atoms with Crippen LogP contribution >= 0.6 is 11.6 Å². The Morgan fingerprint density at radius 2 is 2.29 bits per heavy atom. The Kier molecular flexibility index (Phi) is 2.56. The van der Waals surface area contributed by atoms with Gasteiger partial charge in [-0.25, -0.2) is 9.37 Å². The Labute approximate surface area is 103 Å². The second kappa shape index (κ2) is 3.96. The van der Waals surface area contributed by atoms with Crippen molar-refractivity contribution in [2.45, 2.75) is 25.3 Å². The summed E-state index contributed by atoms with van der Waals surface area (Å²) in [7, 11) is 0. The van der Waals surface area contributed by atoms with E-state index in [-0.39, 0.29) is 11.1 Å². The average Bonchev–Trinajstić information content (AvgIpc) is 3.04. The molecule has 1 fully saturated rings. The second-order valence-corrected chi connectivity index (χ2v) is 4.95. The number of rotatable bonds is 3. The van der Waals surface area contributed by atoms with Crippen molar-refractivity contribution >= 4 is 22.7 Å². The van der Waals surface area contributed by atoms with E-state index in [0.717, 1.165) is 0 Å². The van der Waals surface area contributed by atoms with Gasteiger partial charge in [-0.2, -0.15) is 0 Å². The lowest BCUT2D eigenvalue weighted by Gasteiger charge is -2.05. The number of hydrogen-bond donors (Lipinski definition) is 1. The molecular formula is C12H12ClFN2O. The molecule has 17 heavy (non-hydrogen) atoms. The molecule has 1 heterocycles. The second-order valence-electron chi connectivity index (χ2n) is 4.55. The van der Waals surface area contributed by atoms with Gasteiger partial charge in [-0.3, -0.25) is 0 Å². The molecule has 0 radical (unpaired) electrons. The summed E-state index contributed by atoms with van der Waals surface area (Å²) in [4.78, 5) is 4.27. The lowest BCUT2D eigenvalue weighted by atomic mass is 10.1. The van der Waals surface area contributed by atoms with Gasteiger partial charge in [0, 0.05) is 18.5 Å². The van der Waals surface area contributed by atoms with Crippen LogP contribution in [-0.4, -0.2) is 11.0 Å². The molecule has 1 aromatic carbocycles. The summed E-state index contributed by atoms with van der Waals surface area (Å²) >= 11 is 5.68. The molecule has 0 spiro atoms. The Bertz CT molecular complexity index is 526. The van der Waals surface area contributed by atoms with Crippen molar-refractivity contribution in [3.8, 4) is 0 Å². The van der Waals surface area contributed by atoms with Crippen LogP contribution < -0.4 is 5.73 Å². The van der Waals surface area contributed by atoms with E-state index in [1.54, 1.807) is 0 Å². The third-order valence-electron chi connectivity index (χ3n) is 3.11. The smallest absolute Gasteiger partial charge is 0.197 e. The van der Waals surface area contributed by atoms with Gasteiger partial charge in [-0.15, -0.1) is 0 Å². The van der Waals surface area contributed by atoms with Gasteiger partial charge in [-0.05, 0) is 24.8 Å². The molecule has 0 amide bonds. The Morgan fingerprint density at radius 3 is 3.00 bits per heavy atom. The van der Waals surface area contributed by atoms with Crippen LogP contribution in [0.4, 0.5) is 4.39 Å². The zero-order valence-corrected chi connectivity index (χ0v) is 9.88. The van der Waals surface area contributed by atoms with Crippen molar-refractivity contribution in [1.82, 2.24) is 4.98 Å². The molecule has 1 atom stereocenters. The predicted octanol–water partition coefficient (Wildman–Crippen LogP) is 2.90. The van der Waals surface area contributed by atoms with E-state index in [1.165, 1.54) is 25.0 Å². The molecular weight excluding hydrogens is 243 g/mol. The van der Waals surface area contributed by atoms with Crippen LogP contribution in [0.15, 0.2) is 16.5 Å². The third-order valence-corrected chi connectivity index (χ3v) is 3.40. The number of nitrogens with two attached hydrogens (primary N) is 1. The Balaban J connectivity index is 1.90. The standard InChI is InChI=1S/C12H12ClFN2O/c13-7-3-10-11(4-8(7)14)17-12(16-10)5-9(15)6-1-2-6/h3-4,6,9H,1-2,5,15H2. The van der Waals surface area contributed by atoms with Gasteiger partial charge in [0.05, 0.1) is 5.02 Å². The number of aromatic nitrogens is 1. The number of fused-ring (bicyclic) bond motifs is 1. The topological polar surface area (TPSA) is 52.0 Å². The summed E-state index contributed by atoms with van der Waals surface area (Å²) in [5.41, 5.74) is 6.99. The highest BCUT2D eigenvalue weighted by atomic mass is 35.5. The maximum Gasteiger partial charge on any atom is 0.197 e. The van der Waals surface area contributed by atoms with Crippen molar-refractivity contribution in [2.24, 2.45) is 11.7 Å². The van der Waals surface area contributed by atoms with Crippen molar-refractivity contribution in [1.29, 1.82) is 0 Å². The highest BCUT2D eigenvalue weighted by Gasteiger charge is 2.29. The number of benzene rings is 1. The van der Waals surface area contributed by atoms with Crippen LogP contribution in [0.2, 0.25) is 5.02 Å². The molecule has 1 aliphatic carbocycles. The molecule has 3 nitrogen and oxygen atoms in total. The lowest BCUT2D eigenvalue weighted by molar-refractivity contribution is 0.474. The highest BCUT2D eigenvalue weighted by molar-refractivity contribution is 6.31. The van der Waals surface area contributed by atoms with Crippen molar-refractivity contribution in [2.75, 3.05) is 0 Å². The first-order valence-electron chi connectivity index (χ1n) is 5.63. The van der Waals surface area contributed by atoms with E-state index in [4.69, 9.17) is 21.8 Å². The largest absolute Gasteiger partial charge is 0.441 e. The first-order valence-corrected chi connectivity index (χ1v) is 6.01. The monoisotopic (exact) mass is 254 g/mol. The predicted molar refractivity (Wildman–Crippen MR) is 63.4 cm³/mol. The zero-order valence-electron chi connectivity index (χ0n) is 9.12. The minimum Gasteiger partial charge on any atom is -0.441 e. The summed E-state index contributed by atoms with van der Waals surface area (Å²) in [6, 6.07) is 2.82. The summed E-state index contributed by atoms with van der Waals surface area (Å²) in [6.45, 7) is 0. The molecule has 90 valence electrons. The first-order chi connectivity index (χ1) is 8.13. The molecule has 0 saturated heterocycles. The van der Waals surface area contributed by atoms with Gasteiger partial charge in [0.25, 0.3) is 0 Å². The first kappa shape index (κ1) is 11.0. The van der Waals surface area contributed by atoms with Crippen molar-refractivity contribution < 1.29 is 8.81 Å². The number of hydrogen-bond acceptors (Lipinski definition) is 3. The fraction of sp³-hybridized carbons (Fsp3) is 0.417. The van der Waals surface area contributed by atoms with Gasteiger partial charge in [0.1, 0.15) is 11.3 Å². The van der Waals surface area contributed by atoms with Crippen LogP contribution in [0.5, 0.6) is 0 Å². The maximum absolute atomic E-state index is 13.2. The lowest BCUT2D eigenvalue weighted by Crippen LogP contribution is -2.25. The molecule has 2 aromatic rings. The van der Waals surface area contributed by atoms with Crippen molar-refractivity contribution in [3.05, 3.63) is 28.9 Å². The fourth-order valence-corrected chi connectivity index (χ4v) is 2.11. The molecule has 0 bridgehead atoms. The van der Waals surface area contributed by atoms with E-state index in [0.29, 0.717) is 29.3 Å². The average molecular weight is 255 g/mol. The molecule has 1 aliphatic rings. The van der Waals surface area contributed by atoms with Crippen molar-refractivity contribution in [3.63, 3.8) is 0 Å². The SMILES string of the molecule is NC(Cc1nc2cc(Cl)c(F)cc2o1)C1CC1. The maximum atomic E-state index is 13.2. The van der Waals surface area contributed by atoms with E-state index in [2.05, 4.69) is 4.98 Å². The zero-order chi connectivity index (χ0) is 12.0. The third kappa shape index (κ3) is 2.15. The normalized spacial score (nSPS) is 17.6. The van der Waals surface area contributed by atoms with E-state index in [1.807, 2.05) is 0 Å². The molecule has 0 aliphatic heterocycles. The van der Waals surface area contributed by atoms with Crippen LogP contribution in [0, 0.1) is 11.7 Å². The quantitative estimate of drug-likeness (QED) is 0.916. The Morgan fingerprint density at radius 1 is 1.53 bits per heavy atom. The highest BCUT2D eigenvalue weighted by Crippen LogP contribution is 2.33. The Hall–Kier alpha value is -1.13. The van der Waals surface area contributed by atoms with Gasteiger partial charge >= 0.3 is 0 Å². The number of oxazole rings is 1. The molecule has 3 rings (SSSR count). The van der Waals surface area contributed by atoms with Crippen LogP contribution in [-0.2, 0) is 6.42 Å². The van der Waals surface area contributed by atoms with Gasteiger partial charge in [0.15, 0.2) is 11.5 Å². The summed E-state index contributed by atoms with van der Waals surface area (Å²) in [6.07, 6.45) is 2.96. The minimum absolute atomic E-state index is 0.0591. The number of nitrogens with zero attached hydrogens (tertiary/aromatic N) is 1. The van der Waals surface area contributed by atoms with Gasteiger partial charge < -0.3 is 10.2 Å². The molecule has 1 aromatic heterocycles. The van der Waals surface area contributed by atoms with Gasteiger partial charge in [0.2, 0.25) is 0 Å². The van der Waals surface area contributed by atoms with E-state index >= 15 is 0 Å². The van der Waals surface area contributed by atoms with Crippen LogP contribution in [0.1, 0.15) is 18.7 Å². The summed E-state index contributed by atoms with van der Waals surface area (Å²) < 4.78 is 18.7. The summed E-state index contributed by atoms with van der Waals surface area (Å²) in [5, 5.41) is 0.0591. The van der Waals surface area contributed by atoms with E-state index < -0.39 is 5.82 Å². The molecule has 5 heteroatoms. The minimum atomic E-state index is -0.492. The number of halogens is 2. The fourth-order valence-electron chi connectivity index (χ4n) is 1.95. The molecule has 1 saturated carbocycles. The van der Waals surface area contributed by atoms with Gasteiger partial charge in [-0.1, -0.05) is 11.6 Å². The molecule has 2 N–H and O–H groups in total. The van der Waals surface area contributed by atoms with E-state index in [9.17, 15) is 4.39 Å².